The van der Waals surface area contributed by atoms with Gasteiger partial charge in [-0.1, -0.05) is 89.5 Å². The minimum Gasteiger partial charge on any atom is -0.444 e. The number of hydrogen-bond donors (Lipinski definition) is 1. The molecule has 2 amide bonds. The van der Waals surface area contributed by atoms with Gasteiger partial charge < -0.3 is 9.47 Å². The van der Waals surface area contributed by atoms with Crippen molar-refractivity contribution in [3.8, 4) is 0 Å². The molecule has 6 nitrogen and oxygen atoms in total. The number of carbonyl (C=O) groups excluding carboxylic acids is 2. The molecule has 28 heavy (non-hydrogen) atoms. The van der Waals surface area contributed by atoms with Crippen molar-refractivity contribution >= 4 is 81.8 Å². The molecule has 0 aromatic rings. The number of hydrogen-bond acceptors (Lipinski definition) is 4. The van der Waals surface area contributed by atoms with Crippen LogP contribution in [0, 0.1) is 17.3 Å². The number of alkyl halides is 6. The Kier molecular flexibility index (Phi) is 7.83. The highest BCUT2D eigenvalue weighted by atomic mass is 35.6. The molecule has 12 heteroatoms. The molecule has 0 aliphatic heterocycles. The first-order valence-electron chi connectivity index (χ1n) is 8.39. The number of nitrogens with zero attached hydrogens (tertiary/aromatic N) is 1. The Bertz CT molecular complexity index is 644. The number of allylic oxidation sites excluding steroid dienone is 1. The van der Waals surface area contributed by atoms with Crippen LogP contribution in [0.3, 0.4) is 0 Å². The minimum atomic E-state index is -1.79. The molecule has 2 atom stereocenters. The lowest BCUT2D eigenvalue weighted by Gasteiger charge is -2.56. The molecule has 0 radical (unpaired) electrons. The average Bonchev–Trinajstić information content (AvgIpc) is 2.56. The first kappa shape index (κ1) is 24.3. The number of amides is 2. The quantitative estimate of drug-likeness (QED) is 0.291. The number of fused-ring (bicyclic) bond motifs is 1. The number of halogens is 6. The molecule has 3 aliphatic carbocycles. The number of nitrogens with one attached hydrogen (secondary N) is 1. The van der Waals surface area contributed by atoms with Gasteiger partial charge in [-0.3, -0.25) is 0 Å². The van der Waals surface area contributed by atoms with Crippen LogP contribution in [0.5, 0.6) is 0 Å². The second-order valence-electron chi connectivity index (χ2n) is 7.38. The van der Waals surface area contributed by atoms with Crippen molar-refractivity contribution in [1.29, 1.82) is 0 Å². The van der Waals surface area contributed by atoms with Crippen molar-refractivity contribution in [2.24, 2.45) is 17.3 Å². The van der Waals surface area contributed by atoms with Crippen LogP contribution < -0.4 is 5.43 Å². The molecule has 0 saturated heterocycles. The van der Waals surface area contributed by atoms with Crippen LogP contribution in [0.25, 0.3) is 0 Å². The molecule has 1 N–H and O–H groups in total. The van der Waals surface area contributed by atoms with Crippen molar-refractivity contribution in [3.05, 3.63) is 11.6 Å². The average molecular weight is 517 g/mol. The van der Waals surface area contributed by atoms with E-state index in [1.807, 2.05) is 0 Å². The Balaban J connectivity index is 2.04. The van der Waals surface area contributed by atoms with E-state index >= 15 is 0 Å². The van der Waals surface area contributed by atoms with Crippen LogP contribution in [0.1, 0.15) is 26.7 Å². The summed E-state index contributed by atoms with van der Waals surface area (Å²) in [6.07, 6.45) is 2.13. The summed E-state index contributed by atoms with van der Waals surface area (Å²) in [5.41, 5.74) is 3.44. The lowest BCUT2D eigenvalue weighted by Crippen LogP contribution is -2.53. The Morgan fingerprint density at radius 2 is 1.71 bits per heavy atom. The SMILES string of the molecule is CC1(C)C2CC=C(CN(NC(=O)OCC(Cl)(Cl)Cl)C(=O)OCC(Cl)(Cl)Cl)C1C2. The number of carbonyl (C=O) groups is 2. The van der Waals surface area contributed by atoms with E-state index < -0.39 is 33.0 Å². The van der Waals surface area contributed by atoms with E-state index in [0.29, 0.717) is 11.8 Å². The first-order chi connectivity index (χ1) is 12.7. The molecular weight excluding hydrogens is 497 g/mol. The summed E-state index contributed by atoms with van der Waals surface area (Å²) in [5.74, 6) is 0.918. The number of ether oxygens (including phenoxy) is 2. The maximum absolute atomic E-state index is 12.4. The number of hydrazine groups is 1. The Labute approximate surface area is 193 Å². The maximum atomic E-state index is 12.4. The fourth-order valence-electron chi connectivity index (χ4n) is 3.50. The zero-order valence-electron chi connectivity index (χ0n) is 15.1. The molecule has 0 spiro atoms. The largest absolute Gasteiger partial charge is 0.444 e. The highest BCUT2D eigenvalue weighted by Gasteiger charge is 2.51. The van der Waals surface area contributed by atoms with Gasteiger partial charge in [0.15, 0.2) is 0 Å². The summed E-state index contributed by atoms with van der Waals surface area (Å²) in [7, 11) is 0. The fourth-order valence-corrected chi connectivity index (χ4v) is 3.83. The highest BCUT2D eigenvalue weighted by molar-refractivity contribution is 6.68. The van der Waals surface area contributed by atoms with Gasteiger partial charge in [0.1, 0.15) is 13.2 Å². The zero-order chi connectivity index (χ0) is 21.3. The molecule has 3 rings (SSSR count). The third kappa shape index (κ3) is 6.78. The van der Waals surface area contributed by atoms with Crippen molar-refractivity contribution in [2.75, 3.05) is 19.8 Å². The topological polar surface area (TPSA) is 67.9 Å². The van der Waals surface area contributed by atoms with Gasteiger partial charge in [0.2, 0.25) is 7.59 Å². The summed E-state index contributed by atoms with van der Waals surface area (Å²) in [5, 5.41) is 0.956. The molecule has 1 saturated carbocycles. The third-order valence-corrected chi connectivity index (χ3v) is 5.75. The molecule has 2 unspecified atom stereocenters. The van der Waals surface area contributed by atoms with E-state index in [2.05, 4.69) is 25.3 Å². The van der Waals surface area contributed by atoms with Crippen LogP contribution in [0.4, 0.5) is 9.59 Å². The van der Waals surface area contributed by atoms with Crippen LogP contribution >= 0.6 is 69.6 Å². The van der Waals surface area contributed by atoms with Gasteiger partial charge in [-0.15, -0.1) is 0 Å². The summed E-state index contributed by atoms with van der Waals surface area (Å²) >= 11 is 33.5. The monoisotopic (exact) mass is 514 g/mol. The van der Waals surface area contributed by atoms with Gasteiger partial charge in [0, 0.05) is 0 Å². The summed E-state index contributed by atoms with van der Waals surface area (Å²) in [4.78, 5) is 24.4. The van der Waals surface area contributed by atoms with Crippen molar-refractivity contribution in [3.63, 3.8) is 0 Å². The van der Waals surface area contributed by atoms with Crippen LogP contribution in [-0.4, -0.2) is 44.5 Å². The second-order valence-corrected chi connectivity index (χ2v) is 12.4. The summed E-state index contributed by atoms with van der Waals surface area (Å²) in [6.45, 7) is 3.48. The van der Waals surface area contributed by atoms with E-state index in [1.165, 1.54) is 0 Å². The normalized spacial score (nSPS) is 23.2. The molecule has 160 valence electrons. The van der Waals surface area contributed by atoms with Gasteiger partial charge in [0.05, 0.1) is 6.54 Å². The van der Waals surface area contributed by atoms with Gasteiger partial charge in [-0.25, -0.2) is 20.0 Å². The predicted molar refractivity (Wildman–Crippen MR) is 111 cm³/mol. The van der Waals surface area contributed by atoms with E-state index in [9.17, 15) is 9.59 Å². The standard InChI is InChI=1S/C16H20Cl6N2O4/c1-14(2)10-4-3-9(11(14)5-10)6-24(13(26)28-8-16(20,21)22)23-12(25)27-7-15(17,18)19/h3,10-11H,4-8H2,1-2H3,(H,23,25). The summed E-state index contributed by atoms with van der Waals surface area (Å²) < 4.78 is 6.21. The van der Waals surface area contributed by atoms with Crippen LogP contribution in [0.2, 0.25) is 0 Å². The summed E-state index contributed by atoms with van der Waals surface area (Å²) in [6, 6.07) is 0. The van der Waals surface area contributed by atoms with Crippen molar-refractivity contribution < 1.29 is 19.1 Å². The fraction of sp³-hybridized carbons (Fsp3) is 0.750. The first-order valence-corrected chi connectivity index (χ1v) is 10.7. The molecule has 1 fully saturated rings. The highest BCUT2D eigenvalue weighted by Crippen LogP contribution is 2.59. The van der Waals surface area contributed by atoms with E-state index in [-0.39, 0.29) is 12.0 Å². The molecule has 2 bridgehead atoms. The van der Waals surface area contributed by atoms with Crippen LogP contribution in [-0.2, 0) is 9.47 Å². The smallest absolute Gasteiger partial charge is 0.429 e. The molecule has 0 aromatic carbocycles. The Morgan fingerprint density at radius 3 is 2.21 bits per heavy atom. The molecule has 3 aliphatic rings. The molecule has 0 heterocycles. The zero-order valence-corrected chi connectivity index (χ0v) is 19.7. The predicted octanol–water partition coefficient (Wildman–Crippen LogP) is 5.80. The Hall–Kier alpha value is 0.0200. The van der Waals surface area contributed by atoms with Crippen molar-refractivity contribution in [2.45, 2.75) is 34.3 Å². The maximum Gasteiger partial charge on any atom is 0.429 e. The van der Waals surface area contributed by atoms with E-state index in [4.69, 9.17) is 79.1 Å². The second kappa shape index (κ2) is 9.03. The molecular formula is C16H20Cl6N2O4. The van der Waals surface area contributed by atoms with E-state index in [1.54, 1.807) is 0 Å². The third-order valence-electron chi connectivity index (χ3n) is 5.10. The van der Waals surface area contributed by atoms with Gasteiger partial charge >= 0.3 is 12.2 Å². The van der Waals surface area contributed by atoms with Gasteiger partial charge in [-0.05, 0) is 35.7 Å². The van der Waals surface area contributed by atoms with Crippen LogP contribution in [0.15, 0.2) is 11.6 Å². The lowest BCUT2D eigenvalue weighted by molar-refractivity contribution is -0.0124. The van der Waals surface area contributed by atoms with Gasteiger partial charge in [0.25, 0.3) is 0 Å². The van der Waals surface area contributed by atoms with Crippen molar-refractivity contribution in [1.82, 2.24) is 10.4 Å². The minimum absolute atomic E-state index is 0.0996. The van der Waals surface area contributed by atoms with E-state index in [0.717, 1.165) is 23.4 Å². The van der Waals surface area contributed by atoms with Gasteiger partial charge in [-0.2, -0.15) is 0 Å². The molecule has 0 aromatic heterocycles. The lowest BCUT2D eigenvalue weighted by atomic mass is 9.49. The Morgan fingerprint density at radius 1 is 1.14 bits per heavy atom. The number of rotatable bonds is 4.